The van der Waals surface area contributed by atoms with Crippen LogP contribution in [0.1, 0.15) is 38.0 Å². The maximum absolute atomic E-state index is 13.4. The summed E-state index contributed by atoms with van der Waals surface area (Å²) in [7, 11) is 3.77. The largest absolute Gasteiger partial charge is 0.350 e. The second kappa shape index (κ2) is 8.67. The smallest absolute Gasteiger partial charge is 0.286 e. The van der Waals surface area contributed by atoms with E-state index < -0.39 is 17.9 Å². The van der Waals surface area contributed by atoms with E-state index in [4.69, 9.17) is 0 Å². The molecule has 0 fully saturated rings. The van der Waals surface area contributed by atoms with Crippen LogP contribution in [0.2, 0.25) is 0 Å². The number of aromatic nitrogens is 2. The summed E-state index contributed by atoms with van der Waals surface area (Å²) in [5, 5.41) is 1.95. The van der Waals surface area contributed by atoms with Crippen LogP contribution in [0.5, 0.6) is 0 Å². The van der Waals surface area contributed by atoms with Gasteiger partial charge in [-0.2, -0.15) is 0 Å². The van der Waals surface area contributed by atoms with E-state index in [0.717, 1.165) is 32.9 Å². The summed E-state index contributed by atoms with van der Waals surface area (Å²) in [5.74, 6) is -1.14. The molecule has 8 heteroatoms. The highest BCUT2D eigenvalue weighted by Crippen LogP contribution is 2.41. The van der Waals surface area contributed by atoms with Crippen molar-refractivity contribution in [1.29, 1.82) is 0 Å². The van der Waals surface area contributed by atoms with Crippen molar-refractivity contribution in [3.05, 3.63) is 107 Å². The Balaban J connectivity index is 1.25. The molecule has 8 nitrogen and oxygen atoms in total. The third-order valence-electron chi connectivity index (χ3n) is 7.09. The van der Waals surface area contributed by atoms with E-state index in [9.17, 15) is 14.4 Å². The molecule has 1 atom stereocenters. The number of carbonyl (C=O) groups is 3. The number of amides is 3. The fourth-order valence-electron chi connectivity index (χ4n) is 5.35. The van der Waals surface area contributed by atoms with Gasteiger partial charge >= 0.3 is 0 Å². The van der Waals surface area contributed by atoms with Gasteiger partial charge in [0.05, 0.1) is 6.04 Å². The molecule has 0 spiro atoms. The first kappa shape index (κ1) is 22.6. The predicted molar refractivity (Wildman–Crippen MR) is 141 cm³/mol. The van der Waals surface area contributed by atoms with E-state index in [0.29, 0.717) is 11.3 Å². The zero-order chi connectivity index (χ0) is 25.7. The maximum Gasteiger partial charge on any atom is 0.286 e. The lowest BCUT2D eigenvalue weighted by Gasteiger charge is -2.25. The van der Waals surface area contributed by atoms with Crippen LogP contribution in [-0.2, 0) is 18.9 Å². The summed E-state index contributed by atoms with van der Waals surface area (Å²) in [6, 6.07) is 24.5. The van der Waals surface area contributed by atoms with E-state index in [1.54, 1.807) is 28.6 Å². The zero-order valence-corrected chi connectivity index (χ0v) is 20.4. The standard InChI is InChI=1S/C29H25N5O3/c1-32-16-22(19-10-6-8-14-24(19)32)27-20-11-4-5-12-21(20)29(37)34(27)17-26(35)30-31-28(36)25-15-18-9-3-7-13-23(18)33(25)2/h3-16,27H,17H2,1-2H3,(H,30,35)(H,31,36). The fraction of sp³-hybridized carbons (Fsp3) is 0.138. The summed E-state index contributed by atoms with van der Waals surface area (Å²) in [4.78, 5) is 40.8. The van der Waals surface area contributed by atoms with E-state index in [-0.39, 0.29) is 12.5 Å². The molecule has 1 unspecified atom stereocenters. The van der Waals surface area contributed by atoms with E-state index in [1.807, 2.05) is 84.5 Å². The molecular formula is C29H25N5O3. The van der Waals surface area contributed by atoms with Crippen molar-refractivity contribution in [2.24, 2.45) is 14.1 Å². The van der Waals surface area contributed by atoms with Crippen molar-refractivity contribution >= 4 is 39.5 Å². The number of aryl methyl sites for hydroxylation is 2. The minimum absolute atomic E-state index is 0.212. The number of rotatable bonds is 4. The van der Waals surface area contributed by atoms with Crippen LogP contribution >= 0.6 is 0 Å². The van der Waals surface area contributed by atoms with Gasteiger partial charge in [0.15, 0.2) is 0 Å². The molecule has 0 bridgehead atoms. The minimum atomic E-state index is -0.487. The van der Waals surface area contributed by atoms with Gasteiger partial charge in [-0.15, -0.1) is 0 Å². The molecule has 3 aromatic carbocycles. The molecule has 0 aliphatic carbocycles. The summed E-state index contributed by atoms with van der Waals surface area (Å²) in [6.07, 6.45) is 2.01. The third-order valence-corrected chi connectivity index (χ3v) is 7.09. The van der Waals surface area contributed by atoms with Crippen molar-refractivity contribution < 1.29 is 14.4 Å². The minimum Gasteiger partial charge on any atom is -0.350 e. The predicted octanol–water partition coefficient (Wildman–Crippen LogP) is 3.68. The fourth-order valence-corrected chi connectivity index (χ4v) is 5.35. The van der Waals surface area contributed by atoms with Gasteiger partial charge in [0.2, 0.25) is 0 Å². The molecule has 0 saturated heterocycles. The van der Waals surface area contributed by atoms with Gasteiger partial charge < -0.3 is 14.0 Å². The normalized spacial score (nSPS) is 14.8. The van der Waals surface area contributed by atoms with Gasteiger partial charge in [-0.1, -0.05) is 54.6 Å². The van der Waals surface area contributed by atoms with Crippen molar-refractivity contribution in [2.75, 3.05) is 6.54 Å². The molecule has 5 aromatic rings. The lowest BCUT2D eigenvalue weighted by atomic mass is 9.97. The monoisotopic (exact) mass is 491 g/mol. The van der Waals surface area contributed by atoms with Crippen LogP contribution in [0.15, 0.2) is 85.1 Å². The zero-order valence-electron chi connectivity index (χ0n) is 20.4. The molecule has 0 radical (unpaired) electrons. The quantitative estimate of drug-likeness (QED) is 0.376. The number of para-hydroxylation sites is 2. The number of fused-ring (bicyclic) bond motifs is 3. The number of hydrogen-bond donors (Lipinski definition) is 2. The molecule has 2 aromatic heterocycles. The molecular weight excluding hydrogens is 466 g/mol. The van der Waals surface area contributed by atoms with Crippen LogP contribution in [0.3, 0.4) is 0 Å². The molecule has 184 valence electrons. The number of carbonyl (C=O) groups excluding carboxylic acids is 3. The molecule has 0 saturated carbocycles. The van der Waals surface area contributed by atoms with Crippen LogP contribution in [0, 0.1) is 0 Å². The summed E-state index contributed by atoms with van der Waals surface area (Å²) in [5.41, 5.74) is 9.74. The molecule has 3 heterocycles. The van der Waals surface area contributed by atoms with Crippen molar-refractivity contribution in [1.82, 2.24) is 24.9 Å². The molecule has 3 amide bonds. The van der Waals surface area contributed by atoms with Crippen molar-refractivity contribution in [2.45, 2.75) is 6.04 Å². The highest BCUT2D eigenvalue weighted by molar-refractivity contribution is 6.03. The van der Waals surface area contributed by atoms with Gasteiger partial charge in [0.1, 0.15) is 12.2 Å². The average molecular weight is 492 g/mol. The Labute approximate surface area is 213 Å². The Bertz CT molecular complexity index is 1710. The first-order valence-corrected chi connectivity index (χ1v) is 12.0. The summed E-state index contributed by atoms with van der Waals surface area (Å²) >= 11 is 0. The van der Waals surface area contributed by atoms with Gasteiger partial charge in [-0.25, -0.2) is 0 Å². The number of nitrogens with one attached hydrogen (secondary N) is 2. The molecule has 2 N–H and O–H groups in total. The Morgan fingerprint density at radius 3 is 2.35 bits per heavy atom. The van der Waals surface area contributed by atoms with E-state index in [1.165, 1.54) is 0 Å². The number of hydrazine groups is 1. The van der Waals surface area contributed by atoms with E-state index >= 15 is 0 Å². The Morgan fingerprint density at radius 2 is 1.54 bits per heavy atom. The number of hydrogen-bond acceptors (Lipinski definition) is 3. The van der Waals surface area contributed by atoms with Gasteiger partial charge in [-0.3, -0.25) is 25.2 Å². The second-order valence-corrected chi connectivity index (χ2v) is 9.29. The topological polar surface area (TPSA) is 88.4 Å². The number of nitrogens with zero attached hydrogens (tertiary/aromatic N) is 3. The second-order valence-electron chi connectivity index (χ2n) is 9.29. The summed E-state index contributed by atoms with van der Waals surface area (Å²) < 4.78 is 3.80. The molecule has 37 heavy (non-hydrogen) atoms. The van der Waals surface area contributed by atoms with Gasteiger partial charge in [0.25, 0.3) is 17.7 Å². The number of benzene rings is 3. The van der Waals surface area contributed by atoms with E-state index in [2.05, 4.69) is 10.9 Å². The molecule has 1 aliphatic heterocycles. The third kappa shape index (κ3) is 3.65. The SMILES string of the molecule is Cn1cc(C2c3ccccc3C(=O)N2CC(=O)NNC(=O)c2cc3ccccc3n2C)c2ccccc21. The first-order chi connectivity index (χ1) is 17.9. The first-order valence-electron chi connectivity index (χ1n) is 12.0. The summed E-state index contributed by atoms with van der Waals surface area (Å²) in [6.45, 7) is -0.212. The van der Waals surface area contributed by atoms with Crippen LogP contribution in [0.4, 0.5) is 0 Å². The van der Waals surface area contributed by atoms with Crippen molar-refractivity contribution in [3.8, 4) is 0 Å². The Morgan fingerprint density at radius 1 is 0.838 bits per heavy atom. The lowest BCUT2D eigenvalue weighted by molar-refractivity contribution is -0.122. The van der Waals surface area contributed by atoms with Crippen LogP contribution < -0.4 is 10.9 Å². The molecule has 1 aliphatic rings. The molecule has 6 rings (SSSR count). The average Bonchev–Trinajstić information content (AvgIpc) is 3.53. The maximum atomic E-state index is 13.4. The van der Waals surface area contributed by atoms with Gasteiger partial charge in [-0.05, 0) is 29.8 Å². The van der Waals surface area contributed by atoms with Crippen LogP contribution in [0.25, 0.3) is 21.8 Å². The van der Waals surface area contributed by atoms with Gasteiger partial charge in [0, 0.05) is 53.2 Å². The Kier molecular flexibility index (Phi) is 5.30. The van der Waals surface area contributed by atoms with Crippen LogP contribution in [-0.4, -0.2) is 38.3 Å². The van der Waals surface area contributed by atoms with Crippen molar-refractivity contribution in [3.63, 3.8) is 0 Å². The Hall–Kier alpha value is -4.85. The highest BCUT2D eigenvalue weighted by atomic mass is 16.2. The lowest BCUT2D eigenvalue weighted by Crippen LogP contribution is -2.47. The highest BCUT2D eigenvalue weighted by Gasteiger charge is 2.39.